The average molecular weight is 352 g/mol. The summed E-state index contributed by atoms with van der Waals surface area (Å²) in [5.74, 6) is -0.583. The van der Waals surface area contributed by atoms with Gasteiger partial charge in [0.15, 0.2) is 17.8 Å². The molecule has 10 nitrogen and oxygen atoms in total. The van der Waals surface area contributed by atoms with Crippen LogP contribution in [0, 0.1) is 6.92 Å². The van der Waals surface area contributed by atoms with Gasteiger partial charge in [0.1, 0.15) is 24.9 Å². The quantitative estimate of drug-likeness (QED) is 0.249. The van der Waals surface area contributed by atoms with E-state index in [1.165, 1.54) is 6.26 Å². The molecule has 0 aliphatic carbocycles. The molecule has 0 fully saturated rings. The molecule has 10 heteroatoms. The molecule has 0 amide bonds. The van der Waals surface area contributed by atoms with Crippen molar-refractivity contribution in [1.29, 1.82) is 0 Å². The Hall–Kier alpha value is -1.66. The predicted molar refractivity (Wildman–Crippen MR) is 80.2 cm³/mol. The third-order valence-electron chi connectivity index (χ3n) is 2.50. The Morgan fingerprint density at radius 2 is 1.71 bits per heavy atom. The fourth-order valence-electron chi connectivity index (χ4n) is 1.11. The lowest BCUT2D eigenvalue weighted by atomic mass is 10.1. The number of aryl methyl sites for hydroxylation is 1. The maximum absolute atomic E-state index is 10.5. The fourth-order valence-corrected chi connectivity index (χ4v) is 1.11. The molecule has 0 spiro atoms. The Labute approximate surface area is 138 Å². The number of carbonyl (C=O) groups excluding carboxylic acids is 2. The lowest BCUT2D eigenvalue weighted by Gasteiger charge is -2.19. The molecule has 0 aliphatic heterocycles. The van der Waals surface area contributed by atoms with Crippen molar-refractivity contribution >= 4 is 12.1 Å². The van der Waals surface area contributed by atoms with Gasteiger partial charge in [-0.25, -0.2) is 0 Å². The van der Waals surface area contributed by atoms with E-state index in [1.54, 1.807) is 6.07 Å². The van der Waals surface area contributed by atoms with Crippen LogP contribution in [-0.4, -0.2) is 92.6 Å². The van der Waals surface area contributed by atoms with Crippen LogP contribution in [-0.2, 0) is 4.79 Å². The molecule has 3 atom stereocenters. The van der Waals surface area contributed by atoms with Gasteiger partial charge in [0.05, 0.1) is 26.1 Å². The lowest BCUT2D eigenvalue weighted by Crippen LogP contribution is -2.44. The van der Waals surface area contributed by atoms with E-state index >= 15 is 0 Å². The number of furan rings is 1. The van der Waals surface area contributed by atoms with E-state index in [4.69, 9.17) is 40.2 Å². The molecule has 1 aromatic rings. The molecule has 0 saturated heterocycles. The van der Waals surface area contributed by atoms with Gasteiger partial charge in [0.25, 0.3) is 0 Å². The molecular formula is C14H24O10. The van der Waals surface area contributed by atoms with Gasteiger partial charge in [-0.15, -0.1) is 0 Å². The van der Waals surface area contributed by atoms with E-state index < -0.39 is 37.3 Å². The number of hydrogen-bond acceptors (Lipinski definition) is 10. The van der Waals surface area contributed by atoms with Crippen molar-refractivity contribution in [3.63, 3.8) is 0 Å². The van der Waals surface area contributed by atoms with Crippen LogP contribution in [0.1, 0.15) is 16.1 Å². The Kier molecular flexibility index (Phi) is 15.3. The Bertz CT molecular complexity index is 443. The number of carbonyl (C=O) groups is 2. The minimum absolute atomic E-state index is 0.125. The van der Waals surface area contributed by atoms with Crippen molar-refractivity contribution in [2.75, 3.05) is 26.4 Å². The van der Waals surface area contributed by atoms with E-state index in [-0.39, 0.29) is 13.2 Å². The maximum atomic E-state index is 10.5. The Morgan fingerprint density at radius 3 is 1.96 bits per heavy atom. The molecule has 0 aliphatic rings. The zero-order valence-electron chi connectivity index (χ0n) is 13.1. The highest BCUT2D eigenvalue weighted by Gasteiger charge is 2.28. The summed E-state index contributed by atoms with van der Waals surface area (Å²) < 4.78 is 4.75. The van der Waals surface area contributed by atoms with Gasteiger partial charge in [-0.05, 0) is 18.6 Å². The second-order valence-electron chi connectivity index (χ2n) is 4.34. The smallest absolute Gasteiger partial charge is 0.189 e. The van der Waals surface area contributed by atoms with E-state index in [9.17, 15) is 9.59 Å². The summed E-state index contributed by atoms with van der Waals surface area (Å²) in [7, 11) is 0. The predicted octanol–water partition coefficient (Wildman–Crippen LogP) is -3.01. The summed E-state index contributed by atoms with van der Waals surface area (Å²) in [5, 5.41) is 58.3. The van der Waals surface area contributed by atoms with E-state index in [0.29, 0.717) is 12.0 Å². The number of hydrogen-bond donors (Lipinski definition) is 7. The normalized spacial score (nSPS) is 13.5. The highest BCUT2D eigenvalue weighted by molar-refractivity contribution is 5.84. The standard InChI is InChI=1S/C6H12O6.C6H6O2.C2H6O2/c7-1-3(9)5(11)6(12)4(10)2-8;1-5-2-3-8-6(5)4-7;3-1-2-4/h3,5-9,11-12H,1-2H2;2-4H,1H3;3-4H,1-2H2. The highest BCUT2D eigenvalue weighted by atomic mass is 16.4. The lowest BCUT2D eigenvalue weighted by molar-refractivity contribution is -0.142. The largest absolute Gasteiger partial charge is 0.461 e. The van der Waals surface area contributed by atoms with Gasteiger partial charge < -0.3 is 40.2 Å². The molecular weight excluding hydrogens is 328 g/mol. The highest BCUT2D eigenvalue weighted by Crippen LogP contribution is 2.03. The van der Waals surface area contributed by atoms with Crippen molar-refractivity contribution in [3.8, 4) is 0 Å². The minimum Gasteiger partial charge on any atom is -0.461 e. The van der Waals surface area contributed by atoms with Gasteiger partial charge in [0.2, 0.25) is 0 Å². The first kappa shape index (κ1) is 24.6. The molecule has 3 unspecified atom stereocenters. The summed E-state index contributed by atoms with van der Waals surface area (Å²) in [6.07, 6.45) is -3.02. The maximum Gasteiger partial charge on any atom is 0.189 e. The van der Waals surface area contributed by atoms with Gasteiger partial charge >= 0.3 is 0 Å². The van der Waals surface area contributed by atoms with Gasteiger partial charge in [-0.2, -0.15) is 0 Å². The van der Waals surface area contributed by atoms with Crippen molar-refractivity contribution < 1.29 is 49.8 Å². The number of aliphatic hydroxyl groups is 7. The van der Waals surface area contributed by atoms with Crippen LogP contribution in [0.15, 0.2) is 16.7 Å². The molecule has 0 saturated carbocycles. The van der Waals surface area contributed by atoms with Gasteiger partial charge in [0, 0.05) is 0 Å². The molecule has 24 heavy (non-hydrogen) atoms. The Balaban J connectivity index is 0. The number of Topliss-reactive ketones (excluding diaryl/α,β-unsaturated/α-hetero) is 1. The number of ketones is 1. The van der Waals surface area contributed by atoms with Gasteiger partial charge in [-0.1, -0.05) is 0 Å². The topological polar surface area (TPSA) is 189 Å². The Morgan fingerprint density at radius 1 is 1.17 bits per heavy atom. The van der Waals surface area contributed by atoms with E-state index in [0.717, 1.165) is 5.56 Å². The number of aldehydes is 1. The molecule has 0 bridgehead atoms. The van der Waals surface area contributed by atoms with Crippen LogP contribution in [0.25, 0.3) is 0 Å². The van der Waals surface area contributed by atoms with Crippen LogP contribution in [0.3, 0.4) is 0 Å². The molecule has 0 radical (unpaired) electrons. The van der Waals surface area contributed by atoms with Crippen LogP contribution < -0.4 is 0 Å². The van der Waals surface area contributed by atoms with Gasteiger partial charge in [-0.3, -0.25) is 9.59 Å². The zero-order valence-corrected chi connectivity index (χ0v) is 13.1. The van der Waals surface area contributed by atoms with Crippen LogP contribution in [0.5, 0.6) is 0 Å². The summed E-state index contributed by atoms with van der Waals surface area (Å²) in [6, 6.07) is 1.75. The van der Waals surface area contributed by atoms with Crippen molar-refractivity contribution in [2.24, 2.45) is 0 Å². The minimum atomic E-state index is -1.86. The van der Waals surface area contributed by atoms with Crippen LogP contribution in [0.4, 0.5) is 0 Å². The first-order valence-corrected chi connectivity index (χ1v) is 6.80. The summed E-state index contributed by atoms with van der Waals surface area (Å²) in [4.78, 5) is 20.5. The first-order valence-electron chi connectivity index (χ1n) is 6.80. The molecule has 1 heterocycles. The molecule has 7 N–H and O–H groups in total. The average Bonchev–Trinajstić information content (AvgIpc) is 3.04. The van der Waals surface area contributed by atoms with Crippen molar-refractivity contribution in [1.82, 2.24) is 0 Å². The van der Waals surface area contributed by atoms with Crippen LogP contribution in [0.2, 0.25) is 0 Å². The third-order valence-corrected chi connectivity index (χ3v) is 2.50. The fraction of sp³-hybridized carbons (Fsp3) is 0.571. The first-order chi connectivity index (χ1) is 11.3. The second kappa shape index (κ2) is 14.9. The van der Waals surface area contributed by atoms with Crippen LogP contribution >= 0.6 is 0 Å². The summed E-state index contributed by atoms with van der Waals surface area (Å²) in [5.41, 5.74) is 0.889. The molecule has 1 rings (SSSR count). The monoisotopic (exact) mass is 352 g/mol. The van der Waals surface area contributed by atoms with Crippen molar-refractivity contribution in [2.45, 2.75) is 25.2 Å². The SMILES string of the molecule is Cc1ccoc1C=O.O=C(CO)C(O)C(O)C(O)CO.OCCO. The summed E-state index contributed by atoms with van der Waals surface area (Å²) in [6.45, 7) is -0.111. The van der Waals surface area contributed by atoms with E-state index in [1.807, 2.05) is 6.92 Å². The number of rotatable bonds is 7. The summed E-state index contributed by atoms with van der Waals surface area (Å²) >= 11 is 0. The van der Waals surface area contributed by atoms with E-state index in [2.05, 4.69) is 0 Å². The number of aliphatic hydroxyl groups excluding tert-OH is 7. The molecule has 1 aromatic heterocycles. The molecule has 140 valence electrons. The third kappa shape index (κ3) is 10.2. The zero-order chi connectivity index (χ0) is 19.1. The molecule has 0 aromatic carbocycles. The van der Waals surface area contributed by atoms with Crippen molar-refractivity contribution in [3.05, 3.63) is 23.7 Å². The second-order valence-corrected chi connectivity index (χ2v) is 4.34.